The van der Waals surface area contributed by atoms with E-state index in [1.54, 1.807) is 0 Å². The van der Waals surface area contributed by atoms with Gasteiger partial charge >= 0.3 is 0 Å². The van der Waals surface area contributed by atoms with E-state index in [1.807, 2.05) is 36.4 Å². The van der Waals surface area contributed by atoms with E-state index >= 15 is 0 Å². The first-order valence-corrected chi connectivity index (χ1v) is 7.20. The van der Waals surface area contributed by atoms with Crippen LogP contribution in [0.1, 0.15) is 16.7 Å². The van der Waals surface area contributed by atoms with Crippen LogP contribution in [0.5, 0.6) is 5.75 Å². The Hall–Kier alpha value is -2.54. The van der Waals surface area contributed by atoms with Gasteiger partial charge in [0.05, 0.1) is 0 Å². The summed E-state index contributed by atoms with van der Waals surface area (Å²) in [6.45, 7) is 0.607. The number of hydrogen-bond acceptors (Lipinski definition) is 1. The van der Waals surface area contributed by atoms with E-state index in [0.29, 0.717) is 6.61 Å². The fourth-order valence-corrected chi connectivity index (χ4v) is 2.27. The Balaban J connectivity index is 1.59. The number of benzene rings is 3. The van der Waals surface area contributed by atoms with Gasteiger partial charge in [0.25, 0.3) is 0 Å². The van der Waals surface area contributed by atoms with Gasteiger partial charge in [-0.05, 0) is 35.2 Å². The van der Waals surface area contributed by atoms with Gasteiger partial charge in [0, 0.05) is 0 Å². The minimum absolute atomic E-state index is 0.607. The van der Waals surface area contributed by atoms with E-state index in [4.69, 9.17) is 4.74 Å². The first-order valence-electron chi connectivity index (χ1n) is 7.20. The summed E-state index contributed by atoms with van der Waals surface area (Å²) in [4.78, 5) is 0. The molecule has 3 aromatic rings. The highest BCUT2D eigenvalue weighted by Crippen LogP contribution is 2.14. The topological polar surface area (TPSA) is 9.23 Å². The molecule has 0 spiro atoms. The Morgan fingerprint density at radius 3 is 1.71 bits per heavy atom. The quantitative estimate of drug-likeness (QED) is 0.646. The zero-order valence-electron chi connectivity index (χ0n) is 11.9. The van der Waals surface area contributed by atoms with E-state index < -0.39 is 0 Å². The Labute approximate surface area is 125 Å². The van der Waals surface area contributed by atoms with Crippen molar-refractivity contribution in [2.24, 2.45) is 0 Å². The van der Waals surface area contributed by atoms with E-state index in [2.05, 4.69) is 48.5 Å². The summed E-state index contributed by atoms with van der Waals surface area (Å²) in [7, 11) is 0. The average molecular weight is 274 g/mol. The molecule has 0 aliphatic rings. The Bertz CT molecular complexity index is 657. The van der Waals surface area contributed by atoms with Crippen LogP contribution < -0.4 is 4.74 Å². The molecule has 0 radical (unpaired) electrons. The second kappa shape index (κ2) is 6.76. The van der Waals surface area contributed by atoms with Crippen molar-refractivity contribution >= 4 is 0 Å². The predicted molar refractivity (Wildman–Crippen MR) is 86.5 cm³/mol. The molecule has 3 aromatic carbocycles. The zero-order valence-corrected chi connectivity index (χ0v) is 11.9. The maximum atomic E-state index is 5.75. The first kappa shape index (κ1) is 13.4. The van der Waals surface area contributed by atoms with Gasteiger partial charge in [-0.2, -0.15) is 0 Å². The number of hydrogen-bond donors (Lipinski definition) is 0. The van der Waals surface area contributed by atoms with Gasteiger partial charge in [-0.1, -0.05) is 72.8 Å². The number of rotatable bonds is 5. The van der Waals surface area contributed by atoms with Gasteiger partial charge in [-0.25, -0.2) is 0 Å². The molecule has 0 saturated carbocycles. The molecule has 3 rings (SSSR count). The van der Waals surface area contributed by atoms with Crippen LogP contribution in [0.2, 0.25) is 0 Å². The van der Waals surface area contributed by atoms with Crippen molar-refractivity contribution in [3.8, 4) is 5.75 Å². The second-order valence-electron chi connectivity index (χ2n) is 5.08. The molecule has 0 fully saturated rings. The van der Waals surface area contributed by atoms with E-state index in [9.17, 15) is 0 Å². The van der Waals surface area contributed by atoms with Crippen molar-refractivity contribution in [3.63, 3.8) is 0 Å². The van der Waals surface area contributed by atoms with Crippen LogP contribution in [-0.4, -0.2) is 0 Å². The maximum Gasteiger partial charge on any atom is 0.119 e. The van der Waals surface area contributed by atoms with E-state index in [1.165, 1.54) is 16.7 Å². The van der Waals surface area contributed by atoms with Gasteiger partial charge in [0.15, 0.2) is 0 Å². The SMILES string of the molecule is c1ccc(Cc2ccc(COc3ccccc3)cc2)cc1. The lowest BCUT2D eigenvalue weighted by atomic mass is 10.0. The first-order chi connectivity index (χ1) is 10.4. The highest BCUT2D eigenvalue weighted by atomic mass is 16.5. The minimum atomic E-state index is 0.607. The Kier molecular flexibility index (Phi) is 4.33. The third-order valence-electron chi connectivity index (χ3n) is 3.42. The summed E-state index contributed by atoms with van der Waals surface area (Å²) in [6, 6.07) is 29.1. The summed E-state index contributed by atoms with van der Waals surface area (Å²) < 4.78 is 5.75. The van der Waals surface area contributed by atoms with Crippen LogP contribution in [0, 0.1) is 0 Å². The molecule has 0 aliphatic heterocycles. The molecule has 0 heterocycles. The Morgan fingerprint density at radius 2 is 1.05 bits per heavy atom. The van der Waals surface area contributed by atoms with Crippen molar-refractivity contribution < 1.29 is 4.74 Å². The molecular formula is C20H18O. The monoisotopic (exact) mass is 274 g/mol. The molecule has 0 aromatic heterocycles. The maximum absolute atomic E-state index is 5.75. The van der Waals surface area contributed by atoms with Crippen LogP contribution in [-0.2, 0) is 13.0 Å². The normalized spacial score (nSPS) is 10.3. The van der Waals surface area contributed by atoms with Crippen LogP contribution in [0.15, 0.2) is 84.9 Å². The lowest BCUT2D eigenvalue weighted by Gasteiger charge is -2.07. The summed E-state index contributed by atoms with van der Waals surface area (Å²) in [5, 5.41) is 0. The molecule has 21 heavy (non-hydrogen) atoms. The summed E-state index contributed by atoms with van der Waals surface area (Å²) in [5.41, 5.74) is 3.85. The van der Waals surface area contributed by atoms with Gasteiger partial charge in [-0.15, -0.1) is 0 Å². The van der Waals surface area contributed by atoms with Crippen molar-refractivity contribution in [2.45, 2.75) is 13.0 Å². The average Bonchev–Trinajstić information content (AvgIpc) is 2.56. The molecule has 0 N–H and O–H groups in total. The molecule has 0 aliphatic carbocycles. The number of ether oxygens (including phenoxy) is 1. The van der Waals surface area contributed by atoms with Gasteiger partial charge in [0.2, 0.25) is 0 Å². The molecule has 0 amide bonds. The summed E-state index contributed by atoms with van der Waals surface area (Å²) in [5.74, 6) is 0.908. The Morgan fingerprint density at radius 1 is 0.524 bits per heavy atom. The molecular weight excluding hydrogens is 256 g/mol. The van der Waals surface area contributed by atoms with Gasteiger partial charge < -0.3 is 4.74 Å². The lowest BCUT2D eigenvalue weighted by Crippen LogP contribution is -1.96. The third kappa shape index (κ3) is 3.96. The molecule has 0 bridgehead atoms. The van der Waals surface area contributed by atoms with Gasteiger partial charge in [-0.3, -0.25) is 0 Å². The zero-order chi connectivity index (χ0) is 14.3. The second-order valence-corrected chi connectivity index (χ2v) is 5.08. The van der Waals surface area contributed by atoms with Crippen LogP contribution >= 0.6 is 0 Å². The number of para-hydroxylation sites is 1. The van der Waals surface area contributed by atoms with Gasteiger partial charge in [0.1, 0.15) is 12.4 Å². The predicted octanol–water partition coefficient (Wildman–Crippen LogP) is 4.86. The standard InChI is InChI=1S/C20H18O/c1-3-7-17(8-4-1)15-18-11-13-19(14-12-18)16-21-20-9-5-2-6-10-20/h1-14H,15-16H2. The van der Waals surface area contributed by atoms with Crippen molar-refractivity contribution in [1.29, 1.82) is 0 Å². The van der Waals surface area contributed by atoms with Crippen LogP contribution in [0.4, 0.5) is 0 Å². The van der Waals surface area contributed by atoms with Crippen molar-refractivity contribution in [3.05, 3.63) is 102 Å². The highest BCUT2D eigenvalue weighted by molar-refractivity contribution is 5.29. The molecule has 0 saturated heterocycles. The molecule has 1 nitrogen and oxygen atoms in total. The highest BCUT2D eigenvalue weighted by Gasteiger charge is 1.98. The molecule has 1 heteroatoms. The molecule has 104 valence electrons. The van der Waals surface area contributed by atoms with E-state index in [-0.39, 0.29) is 0 Å². The smallest absolute Gasteiger partial charge is 0.119 e. The molecule has 0 unspecified atom stereocenters. The largest absolute Gasteiger partial charge is 0.489 e. The fraction of sp³-hybridized carbons (Fsp3) is 0.100. The summed E-state index contributed by atoms with van der Waals surface area (Å²) >= 11 is 0. The van der Waals surface area contributed by atoms with E-state index in [0.717, 1.165) is 12.2 Å². The van der Waals surface area contributed by atoms with Crippen molar-refractivity contribution in [1.82, 2.24) is 0 Å². The van der Waals surface area contributed by atoms with Crippen molar-refractivity contribution in [2.75, 3.05) is 0 Å². The molecule has 0 atom stereocenters. The summed E-state index contributed by atoms with van der Waals surface area (Å²) in [6.07, 6.45) is 0.973. The lowest BCUT2D eigenvalue weighted by molar-refractivity contribution is 0.306. The fourth-order valence-electron chi connectivity index (χ4n) is 2.27. The van der Waals surface area contributed by atoms with Crippen LogP contribution in [0.3, 0.4) is 0 Å². The van der Waals surface area contributed by atoms with Crippen LogP contribution in [0.25, 0.3) is 0 Å². The third-order valence-corrected chi connectivity index (χ3v) is 3.42. The minimum Gasteiger partial charge on any atom is -0.489 e.